The summed E-state index contributed by atoms with van der Waals surface area (Å²) in [5.41, 5.74) is 1.26. The molecular weight excluding hydrogens is 355 g/mol. The Morgan fingerprint density at radius 2 is 1.96 bits per heavy atom. The quantitative estimate of drug-likeness (QED) is 0.702. The number of rotatable bonds is 2. The molecule has 2 heterocycles. The number of alkyl halides is 3. The number of aromatic nitrogens is 2. The predicted octanol–water partition coefficient (Wildman–Crippen LogP) is 4.88. The van der Waals surface area contributed by atoms with Gasteiger partial charge in [0, 0.05) is 11.9 Å². The molecular formula is C17H13ClF3N3O. The van der Waals surface area contributed by atoms with Crippen LogP contribution in [0.1, 0.15) is 27.3 Å². The highest BCUT2D eigenvalue weighted by Gasteiger charge is 2.33. The number of amides is 1. The Kier molecular flexibility index (Phi) is 4.20. The number of fused-ring (bicyclic) bond motifs is 1. The standard InChI is InChI=1S/C17H13ClF3N3O/c1-9-4-3-7-24-14(10(2)22-15(9)24)16(25)23-11-5-6-13(18)12(8-11)17(19,20)21/h3-8H,1-2H3,(H,23,25). The molecule has 0 saturated carbocycles. The zero-order valence-electron chi connectivity index (χ0n) is 13.3. The summed E-state index contributed by atoms with van der Waals surface area (Å²) in [6.07, 6.45) is -2.92. The molecule has 0 radical (unpaired) electrons. The van der Waals surface area contributed by atoms with Gasteiger partial charge in [-0.2, -0.15) is 13.2 Å². The lowest BCUT2D eigenvalue weighted by atomic mass is 10.2. The number of imidazole rings is 1. The van der Waals surface area contributed by atoms with E-state index in [0.717, 1.165) is 17.7 Å². The van der Waals surface area contributed by atoms with Crippen LogP contribution < -0.4 is 5.32 Å². The number of nitrogens with zero attached hydrogens (tertiary/aromatic N) is 2. The maximum Gasteiger partial charge on any atom is 0.417 e. The number of benzene rings is 1. The van der Waals surface area contributed by atoms with Gasteiger partial charge in [0.25, 0.3) is 5.91 Å². The van der Waals surface area contributed by atoms with Crippen LogP contribution in [0, 0.1) is 13.8 Å². The maximum absolute atomic E-state index is 12.9. The van der Waals surface area contributed by atoms with Crippen molar-refractivity contribution in [1.82, 2.24) is 9.38 Å². The molecule has 8 heteroatoms. The number of hydrogen-bond donors (Lipinski definition) is 1. The smallest absolute Gasteiger partial charge is 0.321 e. The van der Waals surface area contributed by atoms with Gasteiger partial charge in [0.05, 0.1) is 16.3 Å². The number of carbonyl (C=O) groups is 1. The van der Waals surface area contributed by atoms with Gasteiger partial charge in [-0.25, -0.2) is 4.98 Å². The summed E-state index contributed by atoms with van der Waals surface area (Å²) in [5, 5.41) is 2.05. The fraction of sp³-hybridized carbons (Fsp3) is 0.176. The van der Waals surface area contributed by atoms with Gasteiger partial charge < -0.3 is 5.32 Å². The fourth-order valence-electron chi connectivity index (χ4n) is 2.60. The second-order valence-electron chi connectivity index (χ2n) is 5.58. The Morgan fingerprint density at radius 1 is 1.24 bits per heavy atom. The predicted molar refractivity (Wildman–Crippen MR) is 89.1 cm³/mol. The molecule has 0 fully saturated rings. The first kappa shape index (κ1) is 17.3. The summed E-state index contributed by atoms with van der Waals surface area (Å²) in [6.45, 7) is 3.53. The van der Waals surface area contributed by atoms with E-state index in [1.165, 1.54) is 6.07 Å². The molecule has 0 spiro atoms. The van der Waals surface area contributed by atoms with Gasteiger partial charge in [0.15, 0.2) is 0 Å². The van der Waals surface area contributed by atoms with Gasteiger partial charge in [0.2, 0.25) is 0 Å². The van der Waals surface area contributed by atoms with Crippen molar-refractivity contribution in [3.05, 3.63) is 64.1 Å². The molecule has 0 bridgehead atoms. The summed E-state index contributed by atoms with van der Waals surface area (Å²) in [6, 6.07) is 6.86. The van der Waals surface area contributed by atoms with Crippen molar-refractivity contribution in [1.29, 1.82) is 0 Å². The summed E-state index contributed by atoms with van der Waals surface area (Å²) in [5.74, 6) is -0.550. The summed E-state index contributed by atoms with van der Waals surface area (Å²) in [4.78, 5) is 16.9. The van der Waals surface area contributed by atoms with Gasteiger partial charge in [-0.05, 0) is 43.7 Å². The van der Waals surface area contributed by atoms with E-state index in [1.807, 2.05) is 13.0 Å². The van der Waals surface area contributed by atoms with Crippen LogP contribution in [0.2, 0.25) is 5.02 Å². The number of aryl methyl sites for hydroxylation is 2. The first-order valence-corrected chi connectivity index (χ1v) is 7.68. The zero-order valence-corrected chi connectivity index (χ0v) is 14.0. The summed E-state index contributed by atoms with van der Waals surface area (Å²) in [7, 11) is 0. The lowest BCUT2D eigenvalue weighted by Gasteiger charge is -2.12. The Balaban J connectivity index is 1.99. The molecule has 25 heavy (non-hydrogen) atoms. The number of anilines is 1. The topological polar surface area (TPSA) is 46.4 Å². The second-order valence-corrected chi connectivity index (χ2v) is 5.98. The maximum atomic E-state index is 12.9. The van der Waals surface area contributed by atoms with Gasteiger partial charge in [0.1, 0.15) is 11.3 Å². The zero-order chi connectivity index (χ0) is 18.4. The van der Waals surface area contributed by atoms with Crippen LogP contribution in [0.15, 0.2) is 36.5 Å². The Bertz CT molecular complexity index is 979. The average Bonchev–Trinajstić information content (AvgIpc) is 2.86. The van der Waals surface area contributed by atoms with Crippen molar-refractivity contribution in [2.75, 3.05) is 5.32 Å². The molecule has 130 valence electrons. The molecule has 0 atom stereocenters. The lowest BCUT2D eigenvalue weighted by molar-refractivity contribution is -0.137. The number of carbonyl (C=O) groups excluding carboxylic acids is 1. The number of hydrogen-bond acceptors (Lipinski definition) is 2. The molecule has 3 rings (SSSR count). The molecule has 0 aliphatic heterocycles. The van der Waals surface area contributed by atoms with Gasteiger partial charge in [-0.15, -0.1) is 0 Å². The molecule has 1 N–H and O–H groups in total. The van der Waals surface area contributed by atoms with Crippen LogP contribution in [0.25, 0.3) is 5.65 Å². The van der Waals surface area contributed by atoms with Crippen molar-refractivity contribution >= 4 is 28.8 Å². The highest BCUT2D eigenvalue weighted by molar-refractivity contribution is 6.31. The minimum atomic E-state index is -4.60. The van der Waals surface area contributed by atoms with Crippen LogP contribution in [-0.4, -0.2) is 15.3 Å². The van der Waals surface area contributed by atoms with E-state index in [-0.39, 0.29) is 11.4 Å². The van der Waals surface area contributed by atoms with Gasteiger partial charge >= 0.3 is 6.18 Å². The van der Waals surface area contributed by atoms with Crippen molar-refractivity contribution in [3.63, 3.8) is 0 Å². The van der Waals surface area contributed by atoms with Crippen LogP contribution in [0.5, 0.6) is 0 Å². The van der Waals surface area contributed by atoms with Crippen molar-refractivity contribution in [2.45, 2.75) is 20.0 Å². The average molecular weight is 368 g/mol. The van der Waals surface area contributed by atoms with E-state index in [4.69, 9.17) is 11.6 Å². The molecule has 3 aromatic rings. The Labute approximate surface area is 146 Å². The monoisotopic (exact) mass is 367 g/mol. The van der Waals surface area contributed by atoms with E-state index in [1.54, 1.807) is 23.6 Å². The normalized spacial score (nSPS) is 11.8. The lowest BCUT2D eigenvalue weighted by Crippen LogP contribution is -2.16. The first-order valence-electron chi connectivity index (χ1n) is 7.31. The van der Waals surface area contributed by atoms with E-state index < -0.39 is 22.7 Å². The fourth-order valence-corrected chi connectivity index (χ4v) is 2.83. The van der Waals surface area contributed by atoms with Gasteiger partial charge in [-0.1, -0.05) is 17.7 Å². The molecule has 1 amide bonds. The van der Waals surface area contributed by atoms with Gasteiger partial charge in [-0.3, -0.25) is 9.20 Å². The van der Waals surface area contributed by atoms with Crippen LogP contribution in [-0.2, 0) is 6.18 Å². The molecule has 4 nitrogen and oxygen atoms in total. The number of nitrogens with one attached hydrogen (secondary N) is 1. The SMILES string of the molecule is Cc1nc2c(C)cccn2c1C(=O)Nc1ccc(Cl)c(C(F)(F)F)c1. The van der Waals surface area contributed by atoms with E-state index >= 15 is 0 Å². The molecule has 1 aromatic carbocycles. The molecule has 0 aliphatic carbocycles. The highest BCUT2D eigenvalue weighted by atomic mass is 35.5. The molecule has 0 aliphatic rings. The Hall–Kier alpha value is -2.54. The largest absolute Gasteiger partial charge is 0.417 e. The third-order valence-electron chi connectivity index (χ3n) is 3.76. The minimum Gasteiger partial charge on any atom is -0.321 e. The van der Waals surface area contributed by atoms with E-state index in [2.05, 4.69) is 10.3 Å². The number of pyridine rings is 1. The molecule has 0 unspecified atom stereocenters. The van der Waals surface area contributed by atoms with E-state index in [0.29, 0.717) is 11.3 Å². The van der Waals surface area contributed by atoms with Crippen molar-refractivity contribution in [3.8, 4) is 0 Å². The van der Waals surface area contributed by atoms with Crippen molar-refractivity contribution < 1.29 is 18.0 Å². The first-order chi connectivity index (χ1) is 11.7. The van der Waals surface area contributed by atoms with Crippen LogP contribution in [0.3, 0.4) is 0 Å². The third kappa shape index (κ3) is 3.19. The van der Waals surface area contributed by atoms with Crippen molar-refractivity contribution in [2.24, 2.45) is 0 Å². The van der Waals surface area contributed by atoms with Crippen LogP contribution >= 0.6 is 11.6 Å². The van der Waals surface area contributed by atoms with Crippen LogP contribution in [0.4, 0.5) is 18.9 Å². The van der Waals surface area contributed by atoms with E-state index in [9.17, 15) is 18.0 Å². The molecule has 0 saturated heterocycles. The molecule has 2 aromatic heterocycles. The number of halogens is 4. The third-order valence-corrected chi connectivity index (χ3v) is 4.09. The Morgan fingerprint density at radius 3 is 2.64 bits per heavy atom. The highest BCUT2D eigenvalue weighted by Crippen LogP contribution is 2.36. The summed E-state index contributed by atoms with van der Waals surface area (Å²) >= 11 is 5.59. The second kappa shape index (κ2) is 6.07. The summed E-state index contributed by atoms with van der Waals surface area (Å²) < 4.78 is 40.4. The minimum absolute atomic E-state index is 0.00345.